The van der Waals surface area contributed by atoms with Crippen molar-refractivity contribution in [2.75, 3.05) is 5.32 Å². The van der Waals surface area contributed by atoms with E-state index in [-0.39, 0.29) is 17.9 Å². The summed E-state index contributed by atoms with van der Waals surface area (Å²) >= 11 is 3.51. The largest absolute Gasteiger partial charge is 0.346 e. The molecule has 0 saturated carbocycles. The average molecular weight is 374 g/mol. The van der Waals surface area contributed by atoms with Gasteiger partial charge < -0.3 is 5.32 Å². The Morgan fingerprint density at radius 2 is 1.96 bits per heavy atom. The fourth-order valence-corrected chi connectivity index (χ4v) is 3.36. The molecule has 23 heavy (non-hydrogen) atoms. The lowest BCUT2D eigenvalue weighted by Gasteiger charge is -2.31. The van der Waals surface area contributed by atoms with E-state index >= 15 is 0 Å². The molecular formula is C16H13BrFN5. The van der Waals surface area contributed by atoms with Crippen molar-refractivity contribution in [3.8, 4) is 0 Å². The number of aromatic nitrogens is 4. The van der Waals surface area contributed by atoms with E-state index in [9.17, 15) is 4.39 Å². The maximum Gasteiger partial charge on any atom is 0.243 e. The summed E-state index contributed by atoms with van der Waals surface area (Å²) in [6.07, 6.45) is 0.778. The van der Waals surface area contributed by atoms with Crippen molar-refractivity contribution in [1.29, 1.82) is 0 Å². The van der Waals surface area contributed by atoms with Gasteiger partial charge in [-0.25, -0.2) is 9.07 Å². The molecule has 1 aliphatic rings. The first-order valence-corrected chi connectivity index (χ1v) is 8.05. The Labute approximate surface area is 140 Å². The summed E-state index contributed by atoms with van der Waals surface area (Å²) in [7, 11) is 0. The van der Waals surface area contributed by atoms with Crippen LogP contribution in [0.5, 0.6) is 0 Å². The Balaban J connectivity index is 1.73. The smallest absolute Gasteiger partial charge is 0.243 e. The van der Waals surface area contributed by atoms with Crippen LogP contribution in [0, 0.1) is 5.82 Å². The molecule has 0 spiro atoms. The highest BCUT2D eigenvalue weighted by molar-refractivity contribution is 9.10. The predicted octanol–water partition coefficient (Wildman–Crippen LogP) is 3.72. The lowest BCUT2D eigenvalue weighted by atomic mass is 9.93. The molecule has 0 fully saturated rings. The molecule has 2 atom stereocenters. The topological polar surface area (TPSA) is 55.6 Å². The van der Waals surface area contributed by atoms with Crippen molar-refractivity contribution in [3.63, 3.8) is 0 Å². The van der Waals surface area contributed by atoms with Gasteiger partial charge in [-0.05, 0) is 52.2 Å². The number of tetrazole rings is 1. The van der Waals surface area contributed by atoms with Crippen molar-refractivity contribution in [2.45, 2.75) is 18.5 Å². The number of fused-ring (bicyclic) bond motifs is 1. The van der Waals surface area contributed by atoms with Gasteiger partial charge in [-0.1, -0.05) is 45.3 Å². The van der Waals surface area contributed by atoms with Crippen molar-refractivity contribution < 1.29 is 4.39 Å². The zero-order valence-corrected chi connectivity index (χ0v) is 13.6. The molecule has 0 bridgehead atoms. The summed E-state index contributed by atoms with van der Waals surface area (Å²) in [4.78, 5) is 0. The van der Waals surface area contributed by atoms with Crippen LogP contribution in [-0.4, -0.2) is 20.2 Å². The van der Waals surface area contributed by atoms with E-state index in [2.05, 4.69) is 48.9 Å². The molecular weight excluding hydrogens is 361 g/mol. The van der Waals surface area contributed by atoms with Gasteiger partial charge in [0.15, 0.2) is 0 Å². The molecule has 4 rings (SSSR count). The summed E-state index contributed by atoms with van der Waals surface area (Å²) in [5, 5.41) is 15.2. The Kier molecular flexibility index (Phi) is 3.57. The molecule has 116 valence electrons. The summed E-state index contributed by atoms with van der Waals surface area (Å²) in [5.74, 6) is 0.374. The minimum atomic E-state index is -0.247. The maximum absolute atomic E-state index is 13.2. The number of rotatable bonds is 2. The third kappa shape index (κ3) is 2.72. The maximum atomic E-state index is 13.2. The monoisotopic (exact) mass is 373 g/mol. The standard InChI is InChI=1S/C16H13BrFN5/c17-12-3-1-2-11(8-12)14-9-15(10-4-6-13(18)7-5-10)23-16(19-14)20-21-22-23/h1-8,14-15H,9H2,(H,19,20,22)/t14-,15-/m1/s1. The fourth-order valence-electron chi connectivity index (χ4n) is 2.94. The van der Waals surface area contributed by atoms with Crippen LogP contribution in [0.3, 0.4) is 0 Å². The van der Waals surface area contributed by atoms with E-state index in [1.807, 2.05) is 12.1 Å². The van der Waals surface area contributed by atoms with Gasteiger partial charge in [0.05, 0.1) is 12.1 Å². The highest BCUT2D eigenvalue weighted by Crippen LogP contribution is 2.37. The highest BCUT2D eigenvalue weighted by Gasteiger charge is 2.30. The minimum Gasteiger partial charge on any atom is -0.346 e. The van der Waals surface area contributed by atoms with Crippen molar-refractivity contribution in [2.24, 2.45) is 0 Å². The summed E-state index contributed by atoms with van der Waals surface area (Å²) in [5.41, 5.74) is 2.14. The number of hydrogen-bond donors (Lipinski definition) is 1. The van der Waals surface area contributed by atoms with Gasteiger partial charge in [0.1, 0.15) is 5.82 Å². The lowest BCUT2D eigenvalue weighted by Crippen LogP contribution is -2.28. The van der Waals surface area contributed by atoms with Crippen LogP contribution in [0.4, 0.5) is 10.3 Å². The first-order chi connectivity index (χ1) is 11.2. The molecule has 7 heteroatoms. The van der Waals surface area contributed by atoms with E-state index < -0.39 is 0 Å². The molecule has 5 nitrogen and oxygen atoms in total. The van der Waals surface area contributed by atoms with Crippen LogP contribution in [0.25, 0.3) is 0 Å². The van der Waals surface area contributed by atoms with E-state index in [0.717, 1.165) is 22.0 Å². The number of hydrogen-bond acceptors (Lipinski definition) is 4. The van der Waals surface area contributed by atoms with Crippen molar-refractivity contribution in [3.05, 3.63) is 69.9 Å². The zero-order chi connectivity index (χ0) is 15.8. The van der Waals surface area contributed by atoms with Gasteiger partial charge in [-0.3, -0.25) is 0 Å². The number of anilines is 1. The number of nitrogens with zero attached hydrogens (tertiary/aromatic N) is 4. The lowest BCUT2D eigenvalue weighted by molar-refractivity contribution is 0.423. The molecule has 1 aliphatic heterocycles. The van der Waals surface area contributed by atoms with Crippen LogP contribution in [0.2, 0.25) is 0 Å². The van der Waals surface area contributed by atoms with Crippen LogP contribution >= 0.6 is 15.9 Å². The number of halogens is 2. The normalized spacial score (nSPS) is 19.9. The quantitative estimate of drug-likeness (QED) is 0.743. The fraction of sp³-hybridized carbons (Fsp3) is 0.188. The molecule has 0 aliphatic carbocycles. The van der Waals surface area contributed by atoms with E-state index in [0.29, 0.717) is 5.95 Å². The molecule has 2 aromatic carbocycles. The van der Waals surface area contributed by atoms with E-state index in [1.165, 1.54) is 12.1 Å². The molecule has 0 unspecified atom stereocenters. The van der Waals surface area contributed by atoms with E-state index in [1.54, 1.807) is 16.8 Å². The second kappa shape index (κ2) is 5.73. The Morgan fingerprint density at radius 1 is 1.13 bits per heavy atom. The second-order valence-corrected chi connectivity index (χ2v) is 6.42. The van der Waals surface area contributed by atoms with Gasteiger partial charge in [-0.15, -0.1) is 0 Å². The zero-order valence-electron chi connectivity index (χ0n) is 12.0. The summed E-state index contributed by atoms with van der Waals surface area (Å²) in [6.45, 7) is 0. The van der Waals surface area contributed by atoms with E-state index in [4.69, 9.17) is 0 Å². The molecule has 1 N–H and O–H groups in total. The van der Waals surface area contributed by atoms with Gasteiger partial charge in [0, 0.05) is 4.47 Å². The molecule has 0 radical (unpaired) electrons. The van der Waals surface area contributed by atoms with Gasteiger partial charge in [0.25, 0.3) is 0 Å². The van der Waals surface area contributed by atoms with Crippen LogP contribution in [-0.2, 0) is 0 Å². The Hall–Kier alpha value is -2.28. The molecule has 0 amide bonds. The summed E-state index contributed by atoms with van der Waals surface area (Å²) < 4.78 is 16.0. The summed E-state index contributed by atoms with van der Waals surface area (Å²) in [6, 6.07) is 14.7. The Morgan fingerprint density at radius 3 is 2.74 bits per heavy atom. The molecule has 1 aromatic heterocycles. The van der Waals surface area contributed by atoms with Crippen molar-refractivity contribution in [1.82, 2.24) is 20.2 Å². The molecule has 3 aromatic rings. The van der Waals surface area contributed by atoms with Gasteiger partial charge in [-0.2, -0.15) is 0 Å². The third-order valence-corrected chi connectivity index (χ3v) is 4.55. The molecule has 2 heterocycles. The van der Waals surface area contributed by atoms with Crippen molar-refractivity contribution >= 4 is 21.9 Å². The SMILES string of the molecule is Fc1ccc([C@H]2C[C@H](c3cccc(Br)c3)Nc3nnnn32)cc1. The van der Waals surface area contributed by atoms with Gasteiger partial charge in [0.2, 0.25) is 5.95 Å². The molecule has 0 saturated heterocycles. The van der Waals surface area contributed by atoms with Crippen LogP contribution in [0.15, 0.2) is 53.0 Å². The van der Waals surface area contributed by atoms with Crippen LogP contribution < -0.4 is 5.32 Å². The first-order valence-electron chi connectivity index (χ1n) is 7.26. The third-order valence-electron chi connectivity index (χ3n) is 4.06. The highest BCUT2D eigenvalue weighted by atomic mass is 79.9. The second-order valence-electron chi connectivity index (χ2n) is 5.50. The first kappa shape index (κ1) is 14.3. The number of benzene rings is 2. The predicted molar refractivity (Wildman–Crippen MR) is 87.5 cm³/mol. The Bertz CT molecular complexity index is 832. The van der Waals surface area contributed by atoms with Crippen LogP contribution in [0.1, 0.15) is 29.6 Å². The average Bonchev–Trinajstić information content (AvgIpc) is 3.03. The minimum absolute atomic E-state index is 0.0363. The van der Waals surface area contributed by atoms with Gasteiger partial charge >= 0.3 is 0 Å². The number of nitrogens with one attached hydrogen (secondary N) is 1.